The highest BCUT2D eigenvalue weighted by Crippen LogP contribution is 2.25. The minimum absolute atomic E-state index is 0.165. The molecule has 154 valence electrons. The van der Waals surface area contributed by atoms with Gasteiger partial charge in [-0.25, -0.2) is 4.98 Å². The lowest BCUT2D eigenvalue weighted by Crippen LogP contribution is -2.24. The molecule has 5 rings (SSSR count). The topological polar surface area (TPSA) is 75.4 Å². The van der Waals surface area contributed by atoms with Gasteiger partial charge in [-0.3, -0.25) is 9.59 Å². The van der Waals surface area contributed by atoms with Gasteiger partial charge in [0.05, 0.1) is 17.3 Å². The number of para-hydroxylation sites is 1. The standard InChI is InChI=1S/C25H21N3O3/c29-24-8-3-13-28(24)18-11-9-17(10-12-18)16-26-25(30)20-15-22(23-7-4-14-31-23)27-21-6-2-1-5-19(20)21/h1-2,4-7,9-12,14-15H,3,8,13,16H2,(H,26,30). The number of nitrogens with one attached hydrogen (secondary N) is 1. The molecule has 1 aliphatic heterocycles. The van der Waals surface area contributed by atoms with Gasteiger partial charge in [-0.05, 0) is 48.4 Å². The van der Waals surface area contributed by atoms with Crippen molar-refractivity contribution < 1.29 is 14.0 Å². The molecule has 0 aliphatic carbocycles. The summed E-state index contributed by atoms with van der Waals surface area (Å²) >= 11 is 0. The third-order valence-corrected chi connectivity index (χ3v) is 5.51. The zero-order valence-corrected chi connectivity index (χ0v) is 16.9. The molecule has 6 heteroatoms. The monoisotopic (exact) mass is 411 g/mol. The van der Waals surface area contributed by atoms with Crippen LogP contribution in [0.1, 0.15) is 28.8 Å². The summed E-state index contributed by atoms with van der Waals surface area (Å²) in [5, 5.41) is 3.79. The van der Waals surface area contributed by atoms with E-state index in [9.17, 15) is 9.59 Å². The number of carbonyl (C=O) groups is 2. The van der Waals surface area contributed by atoms with E-state index in [1.54, 1.807) is 18.4 Å². The van der Waals surface area contributed by atoms with Gasteiger partial charge in [0.1, 0.15) is 5.69 Å². The minimum Gasteiger partial charge on any atom is -0.463 e. The maximum Gasteiger partial charge on any atom is 0.252 e. The first-order chi connectivity index (χ1) is 15.2. The lowest BCUT2D eigenvalue weighted by molar-refractivity contribution is -0.117. The summed E-state index contributed by atoms with van der Waals surface area (Å²) < 4.78 is 5.47. The van der Waals surface area contributed by atoms with E-state index in [0.29, 0.717) is 30.0 Å². The van der Waals surface area contributed by atoms with Crippen molar-refractivity contribution in [3.63, 3.8) is 0 Å². The molecule has 6 nitrogen and oxygen atoms in total. The fourth-order valence-corrected chi connectivity index (χ4v) is 3.91. The first kappa shape index (κ1) is 19.1. The number of carbonyl (C=O) groups excluding carboxylic acids is 2. The number of amides is 2. The van der Waals surface area contributed by atoms with E-state index in [0.717, 1.165) is 35.1 Å². The molecule has 1 saturated heterocycles. The molecule has 1 N–H and O–H groups in total. The lowest BCUT2D eigenvalue weighted by Gasteiger charge is -2.16. The van der Waals surface area contributed by atoms with Gasteiger partial charge in [-0.15, -0.1) is 0 Å². The van der Waals surface area contributed by atoms with E-state index < -0.39 is 0 Å². The van der Waals surface area contributed by atoms with Gasteiger partial charge in [0, 0.05) is 30.6 Å². The van der Waals surface area contributed by atoms with Crippen molar-refractivity contribution in [2.75, 3.05) is 11.4 Å². The van der Waals surface area contributed by atoms with Gasteiger partial charge >= 0.3 is 0 Å². The number of benzene rings is 2. The SMILES string of the molecule is O=C(NCc1ccc(N2CCCC2=O)cc1)c1cc(-c2ccco2)nc2ccccc12. The Kier molecular flexibility index (Phi) is 4.96. The van der Waals surface area contributed by atoms with Crippen LogP contribution < -0.4 is 10.2 Å². The third kappa shape index (κ3) is 3.80. The normalized spacial score (nSPS) is 13.7. The first-order valence-corrected chi connectivity index (χ1v) is 10.3. The van der Waals surface area contributed by atoms with E-state index in [1.807, 2.05) is 59.5 Å². The van der Waals surface area contributed by atoms with Crippen LogP contribution in [0.15, 0.2) is 77.4 Å². The van der Waals surface area contributed by atoms with Gasteiger partial charge in [0.25, 0.3) is 5.91 Å². The zero-order chi connectivity index (χ0) is 21.2. The number of hydrogen-bond donors (Lipinski definition) is 1. The highest BCUT2D eigenvalue weighted by molar-refractivity contribution is 6.07. The maximum atomic E-state index is 13.1. The van der Waals surface area contributed by atoms with E-state index in [2.05, 4.69) is 10.3 Å². The number of aromatic nitrogens is 1. The molecule has 2 aromatic carbocycles. The Bertz CT molecular complexity index is 1250. The molecule has 0 radical (unpaired) electrons. The number of fused-ring (bicyclic) bond motifs is 1. The van der Waals surface area contributed by atoms with E-state index in [1.165, 1.54) is 0 Å². The largest absolute Gasteiger partial charge is 0.463 e. The summed E-state index contributed by atoms with van der Waals surface area (Å²) in [5.41, 5.74) is 3.78. The number of pyridine rings is 1. The Morgan fingerprint density at radius 1 is 1.06 bits per heavy atom. The summed E-state index contributed by atoms with van der Waals surface area (Å²) in [5.74, 6) is 0.607. The second-order valence-corrected chi connectivity index (χ2v) is 7.55. The van der Waals surface area contributed by atoms with Crippen LogP contribution in [-0.2, 0) is 11.3 Å². The molecule has 3 heterocycles. The molecule has 0 atom stereocenters. The number of furan rings is 1. The molecule has 31 heavy (non-hydrogen) atoms. The van der Waals surface area contributed by atoms with Crippen LogP contribution in [0.4, 0.5) is 5.69 Å². The second-order valence-electron chi connectivity index (χ2n) is 7.55. The summed E-state index contributed by atoms with van der Waals surface area (Å²) in [6.45, 7) is 1.15. The zero-order valence-electron chi connectivity index (χ0n) is 16.9. The van der Waals surface area contributed by atoms with Gasteiger partial charge < -0.3 is 14.6 Å². The van der Waals surface area contributed by atoms with Gasteiger partial charge in [-0.1, -0.05) is 30.3 Å². The molecule has 0 bridgehead atoms. The fraction of sp³-hybridized carbons (Fsp3) is 0.160. The van der Waals surface area contributed by atoms with E-state index >= 15 is 0 Å². The lowest BCUT2D eigenvalue weighted by atomic mass is 10.1. The van der Waals surface area contributed by atoms with Crippen LogP contribution in [0.3, 0.4) is 0 Å². The second kappa shape index (κ2) is 8.07. The molecular weight excluding hydrogens is 390 g/mol. The fourth-order valence-electron chi connectivity index (χ4n) is 3.91. The van der Waals surface area contributed by atoms with Crippen molar-refractivity contribution in [1.82, 2.24) is 10.3 Å². The highest BCUT2D eigenvalue weighted by Gasteiger charge is 2.21. The van der Waals surface area contributed by atoms with Gasteiger partial charge in [0.15, 0.2) is 5.76 Å². The molecule has 1 aliphatic rings. The Labute approximate surface area is 179 Å². The number of nitrogens with zero attached hydrogens (tertiary/aromatic N) is 2. The van der Waals surface area contributed by atoms with Gasteiger partial charge in [-0.2, -0.15) is 0 Å². The predicted molar refractivity (Wildman–Crippen MR) is 119 cm³/mol. The van der Waals surface area contributed by atoms with Crippen molar-refractivity contribution >= 4 is 28.4 Å². The molecule has 2 aromatic heterocycles. The van der Waals surface area contributed by atoms with Gasteiger partial charge in [0.2, 0.25) is 5.91 Å². The number of anilines is 1. The Hall–Kier alpha value is -3.93. The highest BCUT2D eigenvalue weighted by atomic mass is 16.3. The van der Waals surface area contributed by atoms with Crippen molar-refractivity contribution in [2.45, 2.75) is 19.4 Å². The summed E-state index contributed by atoms with van der Waals surface area (Å²) in [6, 6.07) is 20.7. The summed E-state index contributed by atoms with van der Waals surface area (Å²) in [4.78, 5) is 31.4. The van der Waals surface area contributed by atoms with Crippen LogP contribution in [0.5, 0.6) is 0 Å². The molecule has 0 unspecified atom stereocenters. The third-order valence-electron chi connectivity index (χ3n) is 5.51. The summed E-state index contributed by atoms with van der Waals surface area (Å²) in [7, 11) is 0. The average Bonchev–Trinajstić information content (AvgIpc) is 3.49. The van der Waals surface area contributed by atoms with E-state index in [-0.39, 0.29) is 11.8 Å². The molecule has 2 amide bonds. The summed E-state index contributed by atoms with van der Waals surface area (Å²) in [6.07, 6.45) is 3.10. The van der Waals surface area contributed by atoms with Crippen molar-refractivity contribution in [3.8, 4) is 11.5 Å². The maximum absolute atomic E-state index is 13.1. The Morgan fingerprint density at radius 3 is 2.65 bits per heavy atom. The number of hydrogen-bond acceptors (Lipinski definition) is 4. The Morgan fingerprint density at radius 2 is 1.90 bits per heavy atom. The smallest absolute Gasteiger partial charge is 0.252 e. The molecule has 4 aromatic rings. The minimum atomic E-state index is -0.176. The van der Waals surface area contributed by atoms with Crippen LogP contribution in [0, 0.1) is 0 Å². The van der Waals surface area contributed by atoms with Crippen LogP contribution in [-0.4, -0.2) is 23.3 Å². The average molecular weight is 411 g/mol. The predicted octanol–water partition coefficient (Wildman–Crippen LogP) is 4.55. The molecular formula is C25H21N3O3. The molecule has 0 spiro atoms. The molecule has 1 fully saturated rings. The van der Waals surface area contributed by atoms with Crippen LogP contribution in [0.25, 0.3) is 22.4 Å². The van der Waals surface area contributed by atoms with Crippen LogP contribution in [0.2, 0.25) is 0 Å². The Balaban J connectivity index is 1.36. The van der Waals surface area contributed by atoms with Crippen molar-refractivity contribution in [2.24, 2.45) is 0 Å². The van der Waals surface area contributed by atoms with E-state index in [4.69, 9.17) is 4.42 Å². The first-order valence-electron chi connectivity index (χ1n) is 10.3. The molecule has 0 saturated carbocycles. The quantitative estimate of drug-likeness (QED) is 0.523. The van der Waals surface area contributed by atoms with Crippen LogP contribution >= 0.6 is 0 Å². The number of rotatable bonds is 5. The van der Waals surface area contributed by atoms with Crippen molar-refractivity contribution in [1.29, 1.82) is 0 Å². The van der Waals surface area contributed by atoms with Crippen molar-refractivity contribution in [3.05, 3.63) is 84.1 Å².